The zero-order valence-corrected chi connectivity index (χ0v) is 17.9. The summed E-state index contributed by atoms with van der Waals surface area (Å²) in [4.78, 5) is 4.78. The molecule has 0 spiro atoms. The van der Waals surface area contributed by atoms with Crippen LogP contribution in [0.15, 0.2) is 122 Å². The molecule has 3 heteroatoms. The van der Waals surface area contributed by atoms with Crippen molar-refractivity contribution in [3.63, 3.8) is 0 Å². The Morgan fingerprint density at radius 1 is 0.688 bits per heavy atom. The van der Waals surface area contributed by atoms with E-state index in [1.54, 1.807) is 6.07 Å². The van der Waals surface area contributed by atoms with E-state index in [-0.39, 0.29) is 0 Å². The van der Waals surface area contributed by atoms with E-state index in [1.165, 1.54) is 0 Å². The van der Waals surface area contributed by atoms with Gasteiger partial charge in [0.25, 0.3) is 0 Å². The largest absolute Gasteiger partial charge is 0.508 e. The van der Waals surface area contributed by atoms with E-state index < -0.39 is 5.54 Å². The first kappa shape index (κ1) is 19.8. The lowest BCUT2D eigenvalue weighted by Gasteiger charge is -2.37. The van der Waals surface area contributed by atoms with Crippen molar-refractivity contribution in [3.8, 4) is 17.0 Å². The molecular formula is C29H24N2O. The summed E-state index contributed by atoms with van der Waals surface area (Å²) in [5, 5.41) is 9.95. The highest BCUT2D eigenvalue weighted by atomic mass is 16.3. The molecule has 1 aromatic heterocycles. The number of nitrogens with zero attached hydrogens (tertiary/aromatic N) is 2. The van der Waals surface area contributed by atoms with Crippen molar-refractivity contribution < 1.29 is 5.11 Å². The van der Waals surface area contributed by atoms with Crippen LogP contribution in [0.25, 0.3) is 11.3 Å². The van der Waals surface area contributed by atoms with E-state index in [2.05, 4.69) is 83.6 Å². The highest BCUT2D eigenvalue weighted by Crippen LogP contribution is 2.41. The maximum absolute atomic E-state index is 9.95. The van der Waals surface area contributed by atoms with Gasteiger partial charge in [-0.05, 0) is 47.4 Å². The minimum Gasteiger partial charge on any atom is -0.508 e. The molecule has 0 atom stereocenters. The van der Waals surface area contributed by atoms with Crippen LogP contribution in [0, 0.1) is 6.92 Å². The third kappa shape index (κ3) is 3.28. The molecule has 0 saturated heterocycles. The molecule has 0 radical (unpaired) electrons. The number of phenols is 1. The van der Waals surface area contributed by atoms with Crippen LogP contribution in [0.2, 0.25) is 0 Å². The summed E-state index contributed by atoms with van der Waals surface area (Å²) >= 11 is 0. The number of imidazole rings is 1. The van der Waals surface area contributed by atoms with Crippen LogP contribution in [-0.2, 0) is 5.54 Å². The molecule has 0 unspecified atom stereocenters. The highest BCUT2D eigenvalue weighted by molar-refractivity contribution is 5.62. The summed E-state index contributed by atoms with van der Waals surface area (Å²) in [6.45, 7) is 1.90. The Kier molecular flexibility index (Phi) is 5.08. The molecule has 0 fully saturated rings. The van der Waals surface area contributed by atoms with Gasteiger partial charge in [0.15, 0.2) is 0 Å². The van der Waals surface area contributed by atoms with Gasteiger partial charge >= 0.3 is 0 Å². The minimum absolute atomic E-state index is 0.292. The fraction of sp³-hybridized carbons (Fsp3) is 0.0690. The second-order valence-electron chi connectivity index (χ2n) is 7.98. The lowest BCUT2D eigenvalue weighted by Crippen LogP contribution is -2.36. The van der Waals surface area contributed by atoms with Gasteiger partial charge < -0.3 is 9.67 Å². The lowest BCUT2D eigenvalue weighted by atomic mass is 9.77. The van der Waals surface area contributed by atoms with Crippen molar-refractivity contribution >= 4 is 0 Å². The Morgan fingerprint density at radius 3 is 1.66 bits per heavy atom. The predicted molar refractivity (Wildman–Crippen MR) is 129 cm³/mol. The predicted octanol–water partition coefficient (Wildman–Crippen LogP) is 6.40. The second kappa shape index (κ2) is 8.20. The summed E-state index contributed by atoms with van der Waals surface area (Å²) < 4.78 is 2.20. The summed E-state index contributed by atoms with van der Waals surface area (Å²) in [6, 6.07) is 37.2. The van der Waals surface area contributed by atoms with Crippen molar-refractivity contribution in [3.05, 3.63) is 144 Å². The minimum atomic E-state index is -0.582. The fourth-order valence-corrected chi connectivity index (χ4v) is 4.46. The Morgan fingerprint density at radius 2 is 1.19 bits per heavy atom. The number of phenolic OH excluding ortho intramolecular Hbond substituents is 1. The molecular weight excluding hydrogens is 392 g/mol. The molecule has 0 aliphatic carbocycles. The molecule has 0 aliphatic heterocycles. The standard InChI is InChI=1S/C29H24N2O/c1-22-19-23(17-18-28(22)32)27-20-31(21-30-27)29(24-11-5-2-6-12-24,25-13-7-3-8-14-25)26-15-9-4-10-16-26/h2-21,32H,1H3. The first-order chi connectivity index (χ1) is 15.7. The van der Waals surface area contributed by atoms with Crippen molar-refractivity contribution in [2.75, 3.05) is 0 Å². The zero-order valence-electron chi connectivity index (χ0n) is 17.9. The molecule has 0 aliphatic rings. The van der Waals surface area contributed by atoms with E-state index >= 15 is 0 Å². The Labute approximate surface area is 188 Å². The molecule has 5 rings (SSSR count). The van der Waals surface area contributed by atoms with Crippen molar-refractivity contribution in [2.24, 2.45) is 0 Å². The third-order valence-electron chi connectivity index (χ3n) is 6.04. The van der Waals surface area contributed by atoms with Crippen LogP contribution < -0.4 is 0 Å². The molecule has 1 N–H and O–H groups in total. The molecule has 0 saturated carbocycles. The second-order valence-corrected chi connectivity index (χ2v) is 7.98. The zero-order chi connectivity index (χ0) is 22.0. The van der Waals surface area contributed by atoms with Gasteiger partial charge in [-0.3, -0.25) is 0 Å². The molecule has 0 bridgehead atoms. The Bertz CT molecular complexity index is 1230. The van der Waals surface area contributed by atoms with Gasteiger partial charge in [0.1, 0.15) is 11.3 Å². The average Bonchev–Trinajstić information content (AvgIpc) is 3.34. The summed E-state index contributed by atoms with van der Waals surface area (Å²) in [5.74, 6) is 0.292. The van der Waals surface area contributed by atoms with Gasteiger partial charge in [0, 0.05) is 11.8 Å². The van der Waals surface area contributed by atoms with Gasteiger partial charge in [-0.1, -0.05) is 91.0 Å². The van der Waals surface area contributed by atoms with Gasteiger partial charge in [0.05, 0.1) is 12.0 Å². The van der Waals surface area contributed by atoms with Gasteiger partial charge in [-0.2, -0.15) is 0 Å². The van der Waals surface area contributed by atoms with E-state index in [9.17, 15) is 5.11 Å². The first-order valence-electron chi connectivity index (χ1n) is 10.7. The van der Waals surface area contributed by atoms with Crippen LogP contribution in [-0.4, -0.2) is 14.7 Å². The Balaban J connectivity index is 1.79. The van der Waals surface area contributed by atoms with E-state index in [4.69, 9.17) is 4.98 Å². The topological polar surface area (TPSA) is 38.0 Å². The monoisotopic (exact) mass is 416 g/mol. The molecule has 1 heterocycles. The lowest BCUT2D eigenvalue weighted by molar-refractivity contribution is 0.471. The SMILES string of the molecule is Cc1cc(-c2cn(C(c3ccccc3)(c3ccccc3)c3ccccc3)cn2)ccc1O. The van der Waals surface area contributed by atoms with E-state index in [1.807, 2.05) is 43.6 Å². The van der Waals surface area contributed by atoms with Crippen LogP contribution in [0.3, 0.4) is 0 Å². The average molecular weight is 417 g/mol. The van der Waals surface area contributed by atoms with Crippen LogP contribution >= 0.6 is 0 Å². The molecule has 156 valence electrons. The normalized spacial score (nSPS) is 11.4. The van der Waals surface area contributed by atoms with Crippen LogP contribution in [0.5, 0.6) is 5.75 Å². The maximum Gasteiger partial charge on any atom is 0.121 e. The molecule has 3 nitrogen and oxygen atoms in total. The van der Waals surface area contributed by atoms with E-state index in [0.29, 0.717) is 5.75 Å². The van der Waals surface area contributed by atoms with Gasteiger partial charge in [0.2, 0.25) is 0 Å². The number of aromatic hydroxyl groups is 1. The van der Waals surface area contributed by atoms with Crippen molar-refractivity contribution in [1.82, 2.24) is 9.55 Å². The quantitative estimate of drug-likeness (QED) is 0.337. The van der Waals surface area contributed by atoms with Gasteiger partial charge in [-0.25, -0.2) is 4.98 Å². The number of hydrogen-bond donors (Lipinski definition) is 1. The summed E-state index contributed by atoms with van der Waals surface area (Å²) in [5.41, 5.74) is 5.55. The first-order valence-corrected chi connectivity index (χ1v) is 10.7. The Hall–Kier alpha value is -4.11. The van der Waals surface area contributed by atoms with Crippen molar-refractivity contribution in [1.29, 1.82) is 0 Å². The van der Waals surface area contributed by atoms with E-state index in [0.717, 1.165) is 33.5 Å². The smallest absolute Gasteiger partial charge is 0.121 e. The molecule has 5 aromatic rings. The fourth-order valence-electron chi connectivity index (χ4n) is 4.46. The molecule has 0 amide bonds. The van der Waals surface area contributed by atoms with Crippen LogP contribution in [0.1, 0.15) is 22.3 Å². The third-order valence-corrected chi connectivity index (χ3v) is 6.04. The summed E-state index contributed by atoms with van der Waals surface area (Å²) in [6.07, 6.45) is 4.00. The number of aryl methyl sites for hydroxylation is 1. The molecule has 32 heavy (non-hydrogen) atoms. The maximum atomic E-state index is 9.95. The number of aromatic nitrogens is 2. The molecule has 4 aromatic carbocycles. The highest BCUT2D eigenvalue weighted by Gasteiger charge is 2.38. The number of hydrogen-bond acceptors (Lipinski definition) is 2. The summed E-state index contributed by atoms with van der Waals surface area (Å²) in [7, 11) is 0. The van der Waals surface area contributed by atoms with Crippen molar-refractivity contribution in [2.45, 2.75) is 12.5 Å². The number of benzene rings is 4. The number of rotatable bonds is 5. The van der Waals surface area contributed by atoms with Crippen LogP contribution in [0.4, 0.5) is 0 Å². The van der Waals surface area contributed by atoms with Gasteiger partial charge in [-0.15, -0.1) is 0 Å².